The van der Waals surface area contributed by atoms with Crippen LogP contribution in [0.3, 0.4) is 0 Å². The van der Waals surface area contributed by atoms with Crippen LogP contribution in [-0.2, 0) is 6.42 Å². The van der Waals surface area contributed by atoms with Crippen molar-refractivity contribution in [2.45, 2.75) is 6.42 Å². The molecule has 0 saturated heterocycles. The van der Waals surface area contributed by atoms with Gasteiger partial charge < -0.3 is 0 Å². The highest BCUT2D eigenvalue weighted by atomic mass is 32.1. The summed E-state index contributed by atoms with van der Waals surface area (Å²) < 4.78 is 2.74. The van der Waals surface area contributed by atoms with Crippen molar-refractivity contribution in [2.24, 2.45) is 0 Å². The minimum absolute atomic E-state index is 1.06. The Labute approximate surface area is 163 Å². The van der Waals surface area contributed by atoms with Crippen LogP contribution in [0.15, 0.2) is 66.7 Å². The van der Waals surface area contributed by atoms with Crippen LogP contribution in [0.25, 0.3) is 45.8 Å². The normalized spacial score (nSPS) is 13.1. The molecule has 6 rings (SSSR count). The zero-order valence-electron chi connectivity index (χ0n) is 13.9. The Bertz CT molecular complexity index is 1240. The summed E-state index contributed by atoms with van der Waals surface area (Å²) >= 11 is 5.79. The summed E-state index contributed by atoms with van der Waals surface area (Å²) in [4.78, 5) is 5.69. The molecule has 0 spiro atoms. The molecule has 0 fully saturated rings. The first kappa shape index (κ1) is 14.9. The first-order valence-electron chi connectivity index (χ1n) is 8.67. The van der Waals surface area contributed by atoms with Gasteiger partial charge in [-0.25, -0.2) is 0 Å². The first-order valence-corrected chi connectivity index (χ1v) is 11.1. The third-order valence-corrected chi connectivity index (χ3v) is 8.79. The Morgan fingerprint density at radius 1 is 0.654 bits per heavy atom. The number of fused-ring (bicyclic) bond motifs is 3. The maximum atomic E-state index is 2.36. The Hall–Kier alpha value is -2.20. The second-order valence-corrected chi connectivity index (χ2v) is 9.74. The van der Waals surface area contributed by atoms with Crippen LogP contribution in [-0.4, -0.2) is 0 Å². The van der Waals surface area contributed by atoms with Gasteiger partial charge in [-0.3, -0.25) is 0 Å². The van der Waals surface area contributed by atoms with Crippen molar-refractivity contribution in [1.29, 1.82) is 0 Å². The lowest BCUT2D eigenvalue weighted by Crippen LogP contribution is -1.78. The van der Waals surface area contributed by atoms with Gasteiger partial charge in [0.25, 0.3) is 0 Å². The van der Waals surface area contributed by atoms with Crippen molar-refractivity contribution in [3.8, 4) is 19.5 Å². The van der Waals surface area contributed by atoms with Crippen molar-refractivity contribution in [2.75, 3.05) is 0 Å². The van der Waals surface area contributed by atoms with Gasteiger partial charge in [0.15, 0.2) is 0 Å². The molecular formula is C23H14S3. The Kier molecular flexibility index (Phi) is 3.24. The second-order valence-electron chi connectivity index (χ2n) is 6.56. The summed E-state index contributed by atoms with van der Waals surface area (Å²) in [5, 5.41) is 2.70. The Morgan fingerprint density at radius 2 is 1.27 bits per heavy atom. The highest BCUT2D eigenvalue weighted by Gasteiger charge is 2.23. The van der Waals surface area contributed by atoms with Crippen LogP contribution >= 0.6 is 34.0 Å². The molecule has 0 amide bonds. The molecule has 0 aliphatic heterocycles. The topological polar surface area (TPSA) is 0 Å². The number of thiophene rings is 3. The van der Waals surface area contributed by atoms with Crippen LogP contribution in [0.4, 0.5) is 0 Å². The van der Waals surface area contributed by atoms with E-state index in [1.807, 2.05) is 34.0 Å². The van der Waals surface area contributed by atoms with Crippen molar-refractivity contribution in [3.05, 3.63) is 77.9 Å². The van der Waals surface area contributed by atoms with Gasteiger partial charge in [-0.15, -0.1) is 34.0 Å². The van der Waals surface area contributed by atoms with Gasteiger partial charge >= 0.3 is 0 Å². The molecule has 1 aliphatic carbocycles. The summed E-state index contributed by atoms with van der Waals surface area (Å²) in [6.07, 6.45) is 5.69. The summed E-state index contributed by atoms with van der Waals surface area (Å²) in [6.45, 7) is 0. The fraction of sp³-hybridized carbons (Fsp3) is 0.0435. The molecule has 26 heavy (non-hydrogen) atoms. The molecule has 124 valence electrons. The van der Waals surface area contributed by atoms with Crippen molar-refractivity contribution in [1.82, 2.24) is 0 Å². The molecule has 0 unspecified atom stereocenters. The van der Waals surface area contributed by atoms with E-state index in [9.17, 15) is 0 Å². The van der Waals surface area contributed by atoms with Crippen LogP contribution in [0.5, 0.6) is 0 Å². The molecule has 0 saturated carbocycles. The van der Waals surface area contributed by atoms with Crippen molar-refractivity contribution in [3.63, 3.8) is 0 Å². The number of rotatable bonds is 2. The number of hydrogen-bond donors (Lipinski definition) is 0. The monoisotopic (exact) mass is 386 g/mol. The van der Waals surface area contributed by atoms with E-state index in [2.05, 4.69) is 72.8 Å². The van der Waals surface area contributed by atoms with E-state index in [0.29, 0.717) is 0 Å². The van der Waals surface area contributed by atoms with Gasteiger partial charge in [0.05, 0.1) is 4.88 Å². The first-order chi connectivity index (χ1) is 12.9. The molecule has 1 aliphatic rings. The third-order valence-electron chi connectivity index (χ3n) is 4.95. The minimum atomic E-state index is 1.06. The standard InChI is InChI=1S/C23H14S3/c1-3-10-18-14(6-1)12-20(24-18)22-16-8-5-9-17(16)23(26-22)21-13-15-7-2-4-11-19(15)25-21/h1-8,10-13H,9H2. The fourth-order valence-electron chi connectivity index (χ4n) is 3.72. The number of hydrogen-bond acceptors (Lipinski definition) is 3. The van der Waals surface area contributed by atoms with E-state index in [1.54, 1.807) is 0 Å². The smallest absolute Gasteiger partial charge is 0.0525 e. The molecule has 0 radical (unpaired) electrons. The summed E-state index contributed by atoms with van der Waals surface area (Å²) in [7, 11) is 0. The van der Waals surface area contributed by atoms with Crippen LogP contribution in [0, 0.1) is 0 Å². The quantitative estimate of drug-likeness (QED) is 0.288. The lowest BCUT2D eigenvalue weighted by molar-refractivity contribution is 1.35. The number of benzene rings is 2. The predicted molar refractivity (Wildman–Crippen MR) is 119 cm³/mol. The SMILES string of the molecule is C1=Cc2c(-c3cc4ccccc4s3)sc(-c3cc4ccccc4s3)c2C1. The molecule has 3 heteroatoms. The Balaban J connectivity index is 1.57. The molecule has 0 atom stereocenters. The third kappa shape index (κ3) is 2.18. The largest absolute Gasteiger partial charge is 0.134 e. The predicted octanol–water partition coefficient (Wildman–Crippen LogP) is 8.08. The maximum absolute atomic E-state index is 2.36. The summed E-state index contributed by atoms with van der Waals surface area (Å²) in [5.41, 5.74) is 2.95. The average molecular weight is 387 g/mol. The zero-order valence-corrected chi connectivity index (χ0v) is 16.3. The molecule has 3 heterocycles. The maximum Gasteiger partial charge on any atom is 0.0525 e. The minimum Gasteiger partial charge on any atom is -0.134 e. The molecular weight excluding hydrogens is 372 g/mol. The van der Waals surface area contributed by atoms with Gasteiger partial charge in [-0.05, 0) is 52.6 Å². The average Bonchev–Trinajstić information content (AvgIpc) is 3.41. The van der Waals surface area contributed by atoms with Gasteiger partial charge in [-0.2, -0.15) is 0 Å². The van der Waals surface area contributed by atoms with Gasteiger partial charge in [0.1, 0.15) is 0 Å². The molecule has 5 aromatic rings. The highest BCUT2D eigenvalue weighted by Crippen LogP contribution is 2.50. The summed E-state index contributed by atoms with van der Waals surface area (Å²) in [6, 6.07) is 22.1. The molecule has 0 bridgehead atoms. The van der Waals surface area contributed by atoms with E-state index in [0.717, 1.165) is 6.42 Å². The summed E-state index contributed by atoms with van der Waals surface area (Å²) in [5.74, 6) is 0. The van der Waals surface area contributed by atoms with Crippen molar-refractivity contribution >= 4 is 60.3 Å². The van der Waals surface area contributed by atoms with Crippen LogP contribution in [0.2, 0.25) is 0 Å². The van der Waals surface area contributed by atoms with E-state index >= 15 is 0 Å². The molecule has 0 nitrogen and oxygen atoms in total. The van der Waals surface area contributed by atoms with Gasteiger partial charge in [0, 0.05) is 24.0 Å². The van der Waals surface area contributed by atoms with E-state index in [4.69, 9.17) is 0 Å². The highest BCUT2D eigenvalue weighted by molar-refractivity contribution is 7.30. The van der Waals surface area contributed by atoms with Gasteiger partial charge in [0.2, 0.25) is 0 Å². The molecule has 3 aromatic heterocycles. The molecule has 2 aromatic carbocycles. The van der Waals surface area contributed by atoms with Crippen LogP contribution in [0.1, 0.15) is 11.1 Å². The van der Waals surface area contributed by atoms with E-state index < -0.39 is 0 Å². The Morgan fingerprint density at radius 3 is 1.92 bits per heavy atom. The lowest BCUT2D eigenvalue weighted by Gasteiger charge is -1.95. The fourth-order valence-corrected chi connectivity index (χ4v) is 7.41. The second kappa shape index (κ2) is 5.65. The van der Waals surface area contributed by atoms with Crippen LogP contribution < -0.4 is 0 Å². The molecule has 0 N–H and O–H groups in total. The number of allylic oxidation sites excluding steroid dienone is 1. The lowest BCUT2D eigenvalue weighted by atomic mass is 10.1. The van der Waals surface area contributed by atoms with Gasteiger partial charge in [-0.1, -0.05) is 48.6 Å². The van der Waals surface area contributed by atoms with E-state index in [1.165, 1.54) is 50.8 Å². The van der Waals surface area contributed by atoms with E-state index in [-0.39, 0.29) is 0 Å². The van der Waals surface area contributed by atoms with Crippen molar-refractivity contribution < 1.29 is 0 Å². The zero-order chi connectivity index (χ0) is 17.1.